The van der Waals surface area contributed by atoms with Gasteiger partial charge in [-0.25, -0.2) is 0 Å². The van der Waals surface area contributed by atoms with Crippen LogP contribution >= 0.6 is 0 Å². The fourth-order valence-electron chi connectivity index (χ4n) is 1.54. The summed E-state index contributed by atoms with van der Waals surface area (Å²) >= 11 is 0. The molecular formula is C14H20N2O2. The van der Waals surface area contributed by atoms with Crippen LogP contribution in [0.1, 0.15) is 42.6 Å². The third-order valence-electron chi connectivity index (χ3n) is 2.65. The molecule has 18 heavy (non-hydrogen) atoms. The number of rotatable bonds is 6. The molecule has 0 fully saturated rings. The maximum atomic E-state index is 11.5. The summed E-state index contributed by atoms with van der Waals surface area (Å²) in [6.07, 6.45) is 1.42. The molecule has 0 aliphatic heterocycles. The summed E-state index contributed by atoms with van der Waals surface area (Å²) in [4.78, 5) is 22.5. The average Bonchev–Trinajstić information content (AvgIpc) is 2.34. The van der Waals surface area contributed by atoms with Crippen molar-refractivity contribution in [3.63, 3.8) is 0 Å². The second kappa shape index (κ2) is 6.79. The SMILES string of the molecule is CC(C)CCC(=O)NCc1cccc(C(N)=O)c1. The van der Waals surface area contributed by atoms with Crippen LogP contribution in [0.4, 0.5) is 0 Å². The van der Waals surface area contributed by atoms with Crippen LogP contribution in [0.15, 0.2) is 24.3 Å². The molecule has 0 unspecified atom stereocenters. The van der Waals surface area contributed by atoms with Crippen molar-refractivity contribution in [1.29, 1.82) is 0 Å². The highest BCUT2D eigenvalue weighted by Crippen LogP contribution is 2.06. The van der Waals surface area contributed by atoms with Crippen LogP contribution in [-0.2, 0) is 11.3 Å². The van der Waals surface area contributed by atoms with Gasteiger partial charge < -0.3 is 11.1 Å². The first kappa shape index (κ1) is 14.2. The highest BCUT2D eigenvalue weighted by Gasteiger charge is 2.05. The van der Waals surface area contributed by atoms with E-state index in [1.54, 1.807) is 18.2 Å². The van der Waals surface area contributed by atoms with Crippen molar-refractivity contribution in [3.05, 3.63) is 35.4 Å². The summed E-state index contributed by atoms with van der Waals surface area (Å²) in [5.41, 5.74) is 6.53. The molecule has 0 heterocycles. The lowest BCUT2D eigenvalue weighted by Gasteiger charge is -2.07. The van der Waals surface area contributed by atoms with Crippen molar-refractivity contribution < 1.29 is 9.59 Å². The molecule has 98 valence electrons. The third kappa shape index (κ3) is 4.99. The Labute approximate surface area is 108 Å². The molecule has 4 nitrogen and oxygen atoms in total. The number of nitrogens with one attached hydrogen (secondary N) is 1. The molecule has 0 aliphatic rings. The van der Waals surface area contributed by atoms with E-state index in [9.17, 15) is 9.59 Å². The Bertz CT molecular complexity index is 428. The van der Waals surface area contributed by atoms with Gasteiger partial charge in [0, 0.05) is 18.5 Å². The maximum absolute atomic E-state index is 11.5. The number of hydrogen-bond donors (Lipinski definition) is 2. The normalized spacial score (nSPS) is 10.4. The lowest BCUT2D eigenvalue weighted by atomic mass is 10.1. The molecule has 4 heteroatoms. The molecule has 0 spiro atoms. The largest absolute Gasteiger partial charge is 0.366 e. The number of carbonyl (C=O) groups is 2. The summed E-state index contributed by atoms with van der Waals surface area (Å²) in [6, 6.07) is 6.97. The van der Waals surface area contributed by atoms with E-state index >= 15 is 0 Å². The van der Waals surface area contributed by atoms with Crippen LogP contribution in [0.2, 0.25) is 0 Å². The molecule has 0 radical (unpaired) electrons. The highest BCUT2D eigenvalue weighted by molar-refractivity contribution is 5.92. The van der Waals surface area contributed by atoms with Gasteiger partial charge in [0.05, 0.1) is 0 Å². The van der Waals surface area contributed by atoms with Crippen LogP contribution in [-0.4, -0.2) is 11.8 Å². The summed E-state index contributed by atoms with van der Waals surface area (Å²) in [5.74, 6) is 0.102. The highest BCUT2D eigenvalue weighted by atomic mass is 16.1. The van der Waals surface area contributed by atoms with Gasteiger partial charge in [-0.1, -0.05) is 26.0 Å². The minimum Gasteiger partial charge on any atom is -0.366 e. The quantitative estimate of drug-likeness (QED) is 0.806. The van der Waals surface area contributed by atoms with E-state index in [1.807, 2.05) is 6.07 Å². The standard InChI is InChI=1S/C14H20N2O2/c1-10(2)6-7-13(17)16-9-11-4-3-5-12(8-11)14(15)18/h3-5,8,10H,6-7,9H2,1-2H3,(H2,15,18)(H,16,17). The maximum Gasteiger partial charge on any atom is 0.248 e. The number of hydrogen-bond acceptors (Lipinski definition) is 2. The minimum atomic E-state index is -0.456. The van der Waals surface area contributed by atoms with Crippen LogP contribution in [0.25, 0.3) is 0 Å². The number of amides is 2. The average molecular weight is 248 g/mol. The smallest absolute Gasteiger partial charge is 0.248 e. The Morgan fingerprint density at radius 2 is 2.06 bits per heavy atom. The van der Waals surface area contributed by atoms with Gasteiger partial charge in [-0.15, -0.1) is 0 Å². The first-order chi connectivity index (χ1) is 8.49. The molecule has 1 rings (SSSR count). The number of nitrogens with two attached hydrogens (primary N) is 1. The van der Waals surface area contributed by atoms with Gasteiger partial charge in [-0.2, -0.15) is 0 Å². The molecular weight excluding hydrogens is 228 g/mol. The van der Waals surface area contributed by atoms with Crippen molar-refractivity contribution in [2.24, 2.45) is 11.7 Å². The Balaban J connectivity index is 2.46. The van der Waals surface area contributed by atoms with E-state index in [0.717, 1.165) is 12.0 Å². The first-order valence-electron chi connectivity index (χ1n) is 6.14. The molecule has 2 amide bonds. The Morgan fingerprint density at radius 1 is 1.33 bits per heavy atom. The van der Waals surface area contributed by atoms with Gasteiger partial charge in [0.1, 0.15) is 0 Å². The zero-order chi connectivity index (χ0) is 13.5. The fraction of sp³-hybridized carbons (Fsp3) is 0.429. The Morgan fingerprint density at radius 3 is 2.67 bits per heavy atom. The van der Waals surface area contributed by atoms with Crippen molar-refractivity contribution in [3.8, 4) is 0 Å². The Hall–Kier alpha value is -1.84. The van der Waals surface area contributed by atoms with Gasteiger partial charge in [0.2, 0.25) is 11.8 Å². The van der Waals surface area contributed by atoms with Crippen molar-refractivity contribution in [1.82, 2.24) is 5.32 Å². The second-order valence-corrected chi connectivity index (χ2v) is 4.77. The summed E-state index contributed by atoms with van der Waals surface area (Å²) in [7, 11) is 0. The predicted molar refractivity (Wildman–Crippen MR) is 70.9 cm³/mol. The summed E-state index contributed by atoms with van der Waals surface area (Å²) < 4.78 is 0. The van der Waals surface area contributed by atoms with E-state index in [-0.39, 0.29) is 5.91 Å². The molecule has 0 saturated carbocycles. The molecule has 0 saturated heterocycles. The van der Waals surface area contributed by atoms with Gasteiger partial charge in [0.15, 0.2) is 0 Å². The van der Waals surface area contributed by atoms with Crippen LogP contribution in [0.3, 0.4) is 0 Å². The van der Waals surface area contributed by atoms with E-state index in [0.29, 0.717) is 24.4 Å². The summed E-state index contributed by atoms with van der Waals surface area (Å²) in [5, 5.41) is 2.83. The van der Waals surface area contributed by atoms with E-state index < -0.39 is 5.91 Å². The monoisotopic (exact) mass is 248 g/mol. The van der Waals surface area contributed by atoms with Crippen molar-refractivity contribution in [2.45, 2.75) is 33.2 Å². The Kier molecular flexibility index (Phi) is 5.36. The van der Waals surface area contributed by atoms with E-state index in [2.05, 4.69) is 19.2 Å². The summed E-state index contributed by atoms with van der Waals surface area (Å²) in [6.45, 7) is 4.60. The minimum absolute atomic E-state index is 0.0354. The van der Waals surface area contributed by atoms with Gasteiger partial charge >= 0.3 is 0 Å². The number of primary amides is 1. The number of benzene rings is 1. The van der Waals surface area contributed by atoms with Crippen molar-refractivity contribution >= 4 is 11.8 Å². The van der Waals surface area contributed by atoms with Gasteiger partial charge in [-0.3, -0.25) is 9.59 Å². The molecule has 1 aromatic rings. The van der Waals surface area contributed by atoms with Crippen LogP contribution in [0, 0.1) is 5.92 Å². The van der Waals surface area contributed by atoms with Crippen LogP contribution in [0.5, 0.6) is 0 Å². The molecule has 1 aromatic carbocycles. The lowest BCUT2D eigenvalue weighted by Crippen LogP contribution is -2.23. The molecule has 0 aliphatic carbocycles. The second-order valence-electron chi connectivity index (χ2n) is 4.77. The van der Waals surface area contributed by atoms with Crippen LogP contribution < -0.4 is 11.1 Å². The van der Waals surface area contributed by atoms with E-state index in [4.69, 9.17) is 5.73 Å². The topological polar surface area (TPSA) is 72.2 Å². The zero-order valence-electron chi connectivity index (χ0n) is 10.9. The predicted octanol–water partition coefficient (Wildman–Crippen LogP) is 1.84. The molecule has 0 bridgehead atoms. The van der Waals surface area contributed by atoms with Crippen molar-refractivity contribution in [2.75, 3.05) is 0 Å². The third-order valence-corrected chi connectivity index (χ3v) is 2.65. The molecule has 3 N–H and O–H groups in total. The lowest BCUT2D eigenvalue weighted by molar-refractivity contribution is -0.121. The zero-order valence-corrected chi connectivity index (χ0v) is 10.9. The van der Waals surface area contributed by atoms with Gasteiger partial charge in [0.25, 0.3) is 0 Å². The van der Waals surface area contributed by atoms with Gasteiger partial charge in [-0.05, 0) is 30.0 Å². The number of carbonyl (C=O) groups excluding carboxylic acids is 2. The molecule has 0 atom stereocenters. The first-order valence-corrected chi connectivity index (χ1v) is 6.14. The molecule has 0 aromatic heterocycles. The fourth-order valence-corrected chi connectivity index (χ4v) is 1.54. The van der Waals surface area contributed by atoms with E-state index in [1.165, 1.54) is 0 Å².